The quantitative estimate of drug-likeness (QED) is 0.735. The highest BCUT2D eigenvalue weighted by atomic mass is 32.2. The Morgan fingerprint density at radius 1 is 1.25 bits per heavy atom. The van der Waals surface area contributed by atoms with Crippen molar-refractivity contribution in [2.75, 3.05) is 33.2 Å². The third-order valence-electron chi connectivity index (χ3n) is 4.05. The molecule has 1 rings (SSSR count). The van der Waals surface area contributed by atoms with Gasteiger partial charge in [0.1, 0.15) is 0 Å². The highest BCUT2D eigenvalue weighted by molar-refractivity contribution is 7.86. The van der Waals surface area contributed by atoms with Gasteiger partial charge in [-0.1, -0.05) is 12.2 Å². The van der Waals surface area contributed by atoms with E-state index >= 15 is 0 Å². The van der Waals surface area contributed by atoms with E-state index in [0.29, 0.717) is 31.2 Å². The molecule has 0 aromatic rings. The van der Waals surface area contributed by atoms with Crippen LogP contribution in [0.25, 0.3) is 0 Å². The fraction of sp³-hybridized carbons (Fsp3) is 0.917. The predicted molar refractivity (Wildman–Crippen MR) is 85.8 cm³/mol. The van der Waals surface area contributed by atoms with Crippen LogP contribution in [-0.2, 0) is 10.2 Å². The molecule has 0 bridgehead atoms. The third kappa shape index (κ3) is 3.48. The van der Waals surface area contributed by atoms with Gasteiger partial charge in [0.2, 0.25) is 0 Å². The Morgan fingerprint density at radius 2 is 1.70 bits per heavy atom. The van der Waals surface area contributed by atoms with E-state index in [1.807, 2.05) is 27.7 Å². The molecule has 1 saturated heterocycles. The maximum absolute atomic E-state index is 12.4. The molecule has 1 aliphatic rings. The molecule has 2 N–H and O–H groups in total. The molecule has 0 aromatic heterocycles. The van der Waals surface area contributed by atoms with Crippen LogP contribution in [0.2, 0.25) is 0 Å². The maximum Gasteiger partial charge on any atom is 0.282 e. The van der Waals surface area contributed by atoms with Crippen molar-refractivity contribution in [3.8, 4) is 0 Å². The van der Waals surface area contributed by atoms with Crippen LogP contribution in [0.4, 0.5) is 0 Å². The summed E-state index contributed by atoms with van der Waals surface area (Å²) in [5, 5.41) is 0. The largest absolute Gasteiger partial charge is 0.392 e. The molecule has 0 unspecified atom stereocenters. The fourth-order valence-corrected chi connectivity index (χ4v) is 3.73. The van der Waals surface area contributed by atoms with Gasteiger partial charge in [-0.15, -0.1) is 0 Å². The summed E-state index contributed by atoms with van der Waals surface area (Å²) in [5.74, 6) is 0. The maximum atomic E-state index is 12.4. The lowest BCUT2D eigenvalue weighted by Crippen LogP contribution is -2.61. The molecule has 0 aromatic carbocycles. The minimum atomic E-state index is -3.37. The van der Waals surface area contributed by atoms with Crippen LogP contribution in [0.1, 0.15) is 27.7 Å². The van der Waals surface area contributed by atoms with Crippen LogP contribution in [0.15, 0.2) is 0 Å². The van der Waals surface area contributed by atoms with Crippen LogP contribution >= 0.6 is 12.2 Å². The molecule has 0 spiro atoms. The van der Waals surface area contributed by atoms with Crippen molar-refractivity contribution in [2.24, 2.45) is 5.73 Å². The topological polar surface area (TPSA) is 69.9 Å². The van der Waals surface area contributed by atoms with Crippen LogP contribution in [0, 0.1) is 0 Å². The molecule has 118 valence electrons. The molecule has 1 aliphatic heterocycles. The standard InChI is InChI=1S/C12H26N4O2S2/c1-10(2)14(5)20(17,18)16-8-6-15(7-9-16)12(3,4)11(13)19/h10H,6-9H2,1-5H3,(H2,13,19). The molecule has 0 aliphatic carbocycles. The van der Waals surface area contributed by atoms with E-state index in [2.05, 4.69) is 4.90 Å². The van der Waals surface area contributed by atoms with Gasteiger partial charge < -0.3 is 5.73 Å². The van der Waals surface area contributed by atoms with Gasteiger partial charge in [0.25, 0.3) is 10.2 Å². The molecule has 1 fully saturated rings. The first-order valence-electron chi connectivity index (χ1n) is 6.79. The molecule has 0 atom stereocenters. The van der Waals surface area contributed by atoms with Crippen molar-refractivity contribution in [1.29, 1.82) is 0 Å². The monoisotopic (exact) mass is 322 g/mol. The van der Waals surface area contributed by atoms with E-state index in [1.54, 1.807) is 7.05 Å². The summed E-state index contributed by atoms with van der Waals surface area (Å²) in [6.07, 6.45) is 0. The number of nitrogens with zero attached hydrogens (tertiary/aromatic N) is 3. The van der Waals surface area contributed by atoms with Gasteiger partial charge in [-0.25, -0.2) is 0 Å². The summed E-state index contributed by atoms with van der Waals surface area (Å²) < 4.78 is 27.7. The van der Waals surface area contributed by atoms with Gasteiger partial charge in [-0.2, -0.15) is 17.0 Å². The number of thiocarbonyl (C=S) groups is 1. The molecular weight excluding hydrogens is 296 g/mol. The molecule has 0 radical (unpaired) electrons. The smallest absolute Gasteiger partial charge is 0.282 e. The molecular formula is C12H26N4O2S2. The Morgan fingerprint density at radius 3 is 2.05 bits per heavy atom. The second kappa shape index (κ2) is 6.23. The van der Waals surface area contributed by atoms with Gasteiger partial charge >= 0.3 is 0 Å². The van der Waals surface area contributed by atoms with Crippen LogP contribution in [-0.4, -0.2) is 71.7 Å². The molecule has 8 heteroatoms. The van der Waals surface area contributed by atoms with Crippen LogP contribution in [0.3, 0.4) is 0 Å². The predicted octanol–water partition coefficient (Wildman–Crippen LogP) is 0.254. The van der Waals surface area contributed by atoms with E-state index in [1.165, 1.54) is 8.61 Å². The summed E-state index contributed by atoms with van der Waals surface area (Å²) in [5.41, 5.74) is 5.38. The van der Waals surface area contributed by atoms with Gasteiger partial charge in [0, 0.05) is 39.3 Å². The zero-order valence-corrected chi connectivity index (χ0v) is 14.6. The first-order valence-corrected chi connectivity index (χ1v) is 8.60. The van der Waals surface area contributed by atoms with E-state index < -0.39 is 10.2 Å². The average molecular weight is 323 g/mol. The lowest BCUT2D eigenvalue weighted by atomic mass is 10.0. The minimum Gasteiger partial charge on any atom is -0.392 e. The average Bonchev–Trinajstić information content (AvgIpc) is 2.37. The van der Waals surface area contributed by atoms with E-state index in [9.17, 15) is 8.42 Å². The first-order chi connectivity index (χ1) is 9.01. The second-order valence-electron chi connectivity index (χ2n) is 5.93. The summed E-state index contributed by atoms with van der Waals surface area (Å²) in [6, 6.07) is -0.0499. The van der Waals surface area contributed by atoms with Gasteiger partial charge in [-0.05, 0) is 27.7 Å². The lowest BCUT2D eigenvalue weighted by Gasteiger charge is -2.43. The van der Waals surface area contributed by atoms with Crippen LogP contribution < -0.4 is 5.73 Å². The molecule has 1 heterocycles. The van der Waals surface area contributed by atoms with Crippen LogP contribution in [0.5, 0.6) is 0 Å². The number of nitrogens with two attached hydrogens (primary N) is 1. The van der Waals surface area contributed by atoms with Crippen molar-refractivity contribution >= 4 is 27.4 Å². The SMILES string of the molecule is CC(C)N(C)S(=O)(=O)N1CCN(C(C)(C)C(N)=S)CC1. The number of piperazine rings is 1. The Labute approximate surface area is 128 Å². The highest BCUT2D eigenvalue weighted by Crippen LogP contribution is 2.20. The number of hydrogen-bond acceptors (Lipinski definition) is 4. The lowest BCUT2D eigenvalue weighted by molar-refractivity contribution is 0.120. The number of hydrogen-bond donors (Lipinski definition) is 1. The van der Waals surface area contributed by atoms with E-state index in [-0.39, 0.29) is 11.6 Å². The van der Waals surface area contributed by atoms with Gasteiger partial charge in [-0.3, -0.25) is 4.90 Å². The Balaban J connectivity index is 2.75. The molecule has 20 heavy (non-hydrogen) atoms. The van der Waals surface area contributed by atoms with Gasteiger partial charge in [0.15, 0.2) is 0 Å². The Hall–Kier alpha value is -0.280. The van der Waals surface area contributed by atoms with Crippen molar-refractivity contribution < 1.29 is 8.42 Å². The van der Waals surface area contributed by atoms with Crippen molar-refractivity contribution in [3.05, 3.63) is 0 Å². The summed E-state index contributed by atoms with van der Waals surface area (Å²) in [7, 11) is -1.76. The Kier molecular flexibility index (Phi) is 5.53. The highest BCUT2D eigenvalue weighted by Gasteiger charge is 2.36. The van der Waals surface area contributed by atoms with Crippen molar-refractivity contribution in [3.63, 3.8) is 0 Å². The molecule has 6 nitrogen and oxygen atoms in total. The second-order valence-corrected chi connectivity index (χ2v) is 8.35. The summed E-state index contributed by atoms with van der Waals surface area (Å²) in [6.45, 7) is 9.87. The van der Waals surface area contributed by atoms with E-state index in [0.717, 1.165) is 0 Å². The third-order valence-corrected chi connectivity index (χ3v) is 6.72. The molecule has 0 saturated carbocycles. The van der Waals surface area contributed by atoms with Gasteiger partial charge in [0.05, 0.1) is 10.5 Å². The first kappa shape index (κ1) is 17.8. The fourth-order valence-electron chi connectivity index (χ4n) is 2.08. The van der Waals surface area contributed by atoms with E-state index in [4.69, 9.17) is 18.0 Å². The van der Waals surface area contributed by atoms with Crippen molar-refractivity contribution in [1.82, 2.24) is 13.5 Å². The normalized spacial score (nSPS) is 19.8. The summed E-state index contributed by atoms with van der Waals surface area (Å²) in [4.78, 5) is 2.57. The number of rotatable bonds is 5. The summed E-state index contributed by atoms with van der Waals surface area (Å²) >= 11 is 5.09. The minimum absolute atomic E-state index is 0.0499. The van der Waals surface area contributed by atoms with Crippen molar-refractivity contribution in [2.45, 2.75) is 39.3 Å². The zero-order valence-electron chi connectivity index (χ0n) is 13.0. The Bertz CT molecular complexity index is 454. The molecule has 0 amide bonds. The zero-order chi connectivity index (χ0) is 15.7.